The van der Waals surface area contributed by atoms with Crippen molar-refractivity contribution in [3.05, 3.63) is 0 Å². The van der Waals surface area contributed by atoms with Gasteiger partial charge in [-0.25, -0.2) is 0 Å². The Morgan fingerprint density at radius 2 is 1.93 bits per heavy atom. The highest BCUT2D eigenvalue weighted by atomic mass is 15.2. The van der Waals surface area contributed by atoms with Gasteiger partial charge in [-0.3, -0.25) is 4.90 Å². The van der Waals surface area contributed by atoms with Gasteiger partial charge in [-0.1, -0.05) is 0 Å². The minimum absolute atomic E-state index is 0.390. The summed E-state index contributed by atoms with van der Waals surface area (Å²) in [5.41, 5.74) is 0.828. The van der Waals surface area contributed by atoms with Crippen molar-refractivity contribution in [2.45, 2.75) is 57.5 Å². The summed E-state index contributed by atoms with van der Waals surface area (Å²) in [6, 6.07) is 0. The third kappa shape index (κ3) is 1.96. The first kappa shape index (κ1) is 10.4. The van der Waals surface area contributed by atoms with E-state index < -0.39 is 0 Å². The molecule has 2 nitrogen and oxygen atoms in total. The standard InChI is InChI=1S/C12H24N2/c1-11(2)6-5-9-14(11)10-12(3)7-4-8-13-12/h13H,4-10H2,1-3H3. The van der Waals surface area contributed by atoms with Gasteiger partial charge < -0.3 is 5.32 Å². The zero-order valence-electron chi connectivity index (χ0n) is 9.90. The normalized spacial score (nSPS) is 37.9. The Morgan fingerprint density at radius 3 is 2.43 bits per heavy atom. The van der Waals surface area contributed by atoms with E-state index in [0.717, 1.165) is 0 Å². The van der Waals surface area contributed by atoms with Crippen molar-refractivity contribution < 1.29 is 0 Å². The summed E-state index contributed by atoms with van der Waals surface area (Å²) in [6.07, 6.45) is 5.44. The second-order valence-electron chi connectivity index (χ2n) is 5.93. The van der Waals surface area contributed by atoms with Crippen molar-refractivity contribution in [2.24, 2.45) is 0 Å². The van der Waals surface area contributed by atoms with Gasteiger partial charge in [-0.2, -0.15) is 0 Å². The van der Waals surface area contributed by atoms with Gasteiger partial charge >= 0.3 is 0 Å². The summed E-state index contributed by atoms with van der Waals surface area (Å²) in [5.74, 6) is 0. The number of nitrogens with zero attached hydrogens (tertiary/aromatic N) is 1. The minimum Gasteiger partial charge on any atom is -0.310 e. The number of hydrogen-bond acceptors (Lipinski definition) is 2. The van der Waals surface area contributed by atoms with Crippen molar-refractivity contribution in [2.75, 3.05) is 19.6 Å². The third-order valence-electron chi connectivity index (χ3n) is 4.07. The van der Waals surface area contributed by atoms with Gasteiger partial charge in [0, 0.05) is 17.6 Å². The number of nitrogens with one attached hydrogen (secondary N) is 1. The van der Waals surface area contributed by atoms with Crippen molar-refractivity contribution >= 4 is 0 Å². The lowest BCUT2D eigenvalue weighted by Crippen LogP contribution is -2.51. The molecule has 2 aliphatic rings. The van der Waals surface area contributed by atoms with E-state index in [1.54, 1.807) is 0 Å². The molecule has 0 aromatic rings. The van der Waals surface area contributed by atoms with Gasteiger partial charge in [0.05, 0.1) is 0 Å². The Morgan fingerprint density at radius 1 is 1.14 bits per heavy atom. The molecular weight excluding hydrogens is 172 g/mol. The molecule has 1 N–H and O–H groups in total. The lowest BCUT2D eigenvalue weighted by Gasteiger charge is -2.38. The molecule has 1 unspecified atom stereocenters. The summed E-state index contributed by atoms with van der Waals surface area (Å²) in [7, 11) is 0. The highest BCUT2D eigenvalue weighted by Gasteiger charge is 2.38. The van der Waals surface area contributed by atoms with Gasteiger partial charge in [0.15, 0.2) is 0 Å². The van der Waals surface area contributed by atoms with Crippen LogP contribution in [0.15, 0.2) is 0 Å². The van der Waals surface area contributed by atoms with Crippen LogP contribution >= 0.6 is 0 Å². The molecule has 1 atom stereocenters. The second kappa shape index (κ2) is 3.49. The van der Waals surface area contributed by atoms with Crippen LogP contribution in [0.1, 0.15) is 46.5 Å². The highest BCUT2D eigenvalue weighted by Crippen LogP contribution is 2.31. The van der Waals surface area contributed by atoms with Gasteiger partial charge in [-0.15, -0.1) is 0 Å². The molecular formula is C12H24N2. The maximum absolute atomic E-state index is 3.66. The van der Waals surface area contributed by atoms with Crippen LogP contribution in [0.4, 0.5) is 0 Å². The second-order valence-corrected chi connectivity index (χ2v) is 5.93. The molecule has 2 fully saturated rings. The predicted octanol–water partition coefficient (Wildman–Crippen LogP) is 2.00. The van der Waals surface area contributed by atoms with E-state index in [1.165, 1.54) is 45.3 Å². The van der Waals surface area contributed by atoms with Gasteiger partial charge in [0.1, 0.15) is 0 Å². The first-order valence-corrected chi connectivity index (χ1v) is 6.02. The highest BCUT2D eigenvalue weighted by molar-refractivity contribution is 4.97. The van der Waals surface area contributed by atoms with E-state index in [-0.39, 0.29) is 0 Å². The zero-order chi connectivity index (χ0) is 10.2. The van der Waals surface area contributed by atoms with Crippen LogP contribution in [0, 0.1) is 0 Å². The van der Waals surface area contributed by atoms with Crippen molar-refractivity contribution in [1.82, 2.24) is 10.2 Å². The topological polar surface area (TPSA) is 15.3 Å². The maximum Gasteiger partial charge on any atom is 0.0281 e. The Kier molecular flexibility index (Phi) is 2.61. The fraction of sp³-hybridized carbons (Fsp3) is 1.00. The van der Waals surface area contributed by atoms with Gasteiger partial charge in [0.2, 0.25) is 0 Å². The fourth-order valence-corrected chi connectivity index (χ4v) is 2.97. The molecule has 0 aliphatic carbocycles. The fourth-order valence-electron chi connectivity index (χ4n) is 2.97. The summed E-state index contributed by atoms with van der Waals surface area (Å²) >= 11 is 0. The lowest BCUT2D eigenvalue weighted by atomic mass is 9.96. The monoisotopic (exact) mass is 196 g/mol. The van der Waals surface area contributed by atoms with Gasteiger partial charge in [0.25, 0.3) is 0 Å². The Bertz CT molecular complexity index is 204. The Hall–Kier alpha value is -0.0800. The summed E-state index contributed by atoms with van der Waals surface area (Å²) < 4.78 is 0. The maximum atomic E-state index is 3.66. The molecule has 0 amide bonds. The quantitative estimate of drug-likeness (QED) is 0.727. The average Bonchev–Trinajstić information content (AvgIpc) is 2.61. The van der Waals surface area contributed by atoms with Gasteiger partial charge in [-0.05, 0) is 59.5 Å². The van der Waals surface area contributed by atoms with E-state index in [0.29, 0.717) is 11.1 Å². The first-order valence-electron chi connectivity index (χ1n) is 6.02. The summed E-state index contributed by atoms with van der Waals surface area (Å²) in [6.45, 7) is 10.9. The van der Waals surface area contributed by atoms with Crippen molar-refractivity contribution in [1.29, 1.82) is 0 Å². The molecule has 2 heterocycles. The van der Waals surface area contributed by atoms with E-state index in [2.05, 4.69) is 31.0 Å². The number of rotatable bonds is 2. The van der Waals surface area contributed by atoms with E-state index in [9.17, 15) is 0 Å². The van der Waals surface area contributed by atoms with Crippen LogP contribution in [0.25, 0.3) is 0 Å². The molecule has 0 radical (unpaired) electrons. The van der Waals surface area contributed by atoms with Crippen molar-refractivity contribution in [3.63, 3.8) is 0 Å². The third-order valence-corrected chi connectivity index (χ3v) is 4.07. The van der Waals surface area contributed by atoms with E-state index in [4.69, 9.17) is 0 Å². The summed E-state index contributed by atoms with van der Waals surface area (Å²) in [5, 5.41) is 3.66. The molecule has 0 aromatic carbocycles. The van der Waals surface area contributed by atoms with Crippen LogP contribution < -0.4 is 5.32 Å². The minimum atomic E-state index is 0.390. The van der Waals surface area contributed by atoms with Crippen LogP contribution in [0.2, 0.25) is 0 Å². The molecule has 82 valence electrons. The molecule has 0 spiro atoms. The molecule has 14 heavy (non-hydrogen) atoms. The zero-order valence-corrected chi connectivity index (χ0v) is 9.90. The van der Waals surface area contributed by atoms with Crippen LogP contribution in [0.3, 0.4) is 0 Å². The molecule has 0 bridgehead atoms. The Balaban J connectivity index is 1.96. The summed E-state index contributed by atoms with van der Waals surface area (Å²) in [4.78, 5) is 2.67. The van der Waals surface area contributed by atoms with Crippen LogP contribution in [-0.4, -0.2) is 35.6 Å². The molecule has 0 saturated carbocycles. The predicted molar refractivity (Wildman–Crippen MR) is 60.5 cm³/mol. The SMILES string of the molecule is CC1(CN2CCCC2(C)C)CCCN1. The largest absolute Gasteiger partial charge is 0.310 e. The first-order chi connectivity index (χ1) is 6.52. The molecule has 2 heteroatoms. The van der Waals surface area contributed by atoms with Crippen LogP contribution in [0.5, 0.6) is 0 Å². The smallest absolute Gasteiger partial charge is 0.0281 e. The van der Waals surface area contributed by atoms with Crippen molar-refractivity contribution in [3.8, 4) is 0 Å². The average molecular weight is 196 g/mol. The molecule has 2 saturated heterocycles. The van der Waals surface area contributed by atoms with E-state index >= 15 is 0 Å². The Labute approximate surface area is 88.1 Å². The lowest BCUT2D eigenvalue weighted by molar-refractivity contribution is 0.132. The van der Waals surface area contributed by atoms with E-state index in [1.807, 2.05) is 0 Å². The number of hydrogen-bond donors (Lipinski definition) is 1. The molecule has 2 rings (SSSR count). The molecule has 2 aliphatic heterocycles. The number of likely N-dealkylation sites (tertiary alicyclic amines) is 1. The molecule has 0 aromatic heterocycles. The van der Waals surface area contributed by atoms with Crippen LogP contribution in [-0.2, 0) is 0 Å².